The van der Waals surface area contributed by atoms with Crippen LogP contribution in [0.15, 0.2) is 30.5 Å². The first-order valence-corrected chi connectivity index (χ1v) is 8.18. The number of rotatable bonds is 4. The normalized spacial score (nSPS) is 16.1. The van der Waals surface area contributed by atoms with Crippen molar-refractivity contribution in [2.24, 2.45) is 0 Å². The molecule has 1 aromatic carbocycles. The van der Waals surface area contributed by atoms with Crippen LogP contribution >= 0.6 is 23.2 Å². The van der Waals surface area contributed by atoms with Crippen molar-refractivity contribution in [2.75, 3.05) is 5.73 Å². The summed E-state index contributed by atoms with van der Waals surface area (Å²) in [4.78, 5) is 4.43. The van der Waals surface area contributed by atoms with Crippen LogP contribution < -0.4 is 10.5 Å². The second-order valence-corrected chi connectivity index (χ2v) is 6.50. The quantitative estimate of drug-likeness (QED) is 0.800. The molecule has 116 valence electrons. The van der Waals surface area contributed by atoms with E-state index in [1.807, 2.05) is 18.2 Å². The minimum absolute atomic E-state index is 0.457. The number of nitrogens with zero attached hydrogens (tertiary/aromatic N) is 1. The van der Waals surface area contributed by atoms with Crippen molar-refractivity contribution >= 4 is 28.9 Å². The van der Waals surface area contributed by atoms with Gasteiger partial charge in [0.2, 0.25) is 0 Å². The number of hydrogen-bond donors (Lipinski definition) is 1. The van der Waals surface area contributed by atoms with Gasteiger partial charge < -0.3 is 10.5 Å². The summed E-state index contributed by atoms with van der Waals surface area (Å²) in [5.74, 6) is 0.851. The van der Waals surface area contributed by atoms with Gasteiger partial charge in [-0.3, -0.25) is 4.98 Å². The van der Waals surface area contributed by atoms with E-state index in [0.717, 1.165) is 48.4 Å². The lowest BCUT2D eigenvalue weighted by atomic mass is 9.77. The van der Waals surface area contributed by atoms with Crippen molar-refractivity contribution in [3.63, 3.8) is 0 Å². The summed E-state index contributed by atoms with van der Waals surface area (Å²) >= 11 is 12.3. The highest BCUT2D eigenvalue weighted by Gasteiger charge is 2.44. The van der Waals surface area contributed by atoms with Crippen LogP contribution in [0.25, 0.3) is 0 Å². The molecule has 0 spiro atoms. The van der Waals surface area contributed by atoms with Crippen molar-refractivity contribution in [1.82, 2.24) is 4.98 Å². The molecule has 0 aliphatic heterocycles. The van der Waals surface area contributed by atoms with Crippen molar-refractivity contribution in [1.29, 1.82) is 0 Å². The minimum Gasteiger partial charge on any atom is -0.481 e. The number of nitrogen functional groups attached to an aromatic ring is 1. The molecule has 0 saturated heterocycles. The van der Waals surface area contributed by atoms with Gasteiger partial charge in [-0.25, -0.2) is 0 Å². The number of hydrogen-bond acceptors (Lipinski definition) is 3. The SMILES string of the molecule is CCc1cc(N)ccc1OC1(c2ncc(Cl)cc2Cl)CCC1. The molecule has 1 aliphatic rings. The van der Waals surface area contributed by atoms with Gasteiger partial charge in [0.25, 0.3) is 0 Å². The van der Waals surface area contributed by atoms with E-state index in [9.17, 15) is 0 Å². The largest absolute Gasteiger partial charge is 0.481 e. The van der Waals surface area contributed by atoms with Crippen LogP contribution in [0.5, 0.6) is 5.75 Å². The zero-order valence-electron chi connectivity index (χ0n) is 12.4. The lowest BCUT2D eigenvalue weighted by molar-refractivity contribution is -0.0167. The van der Waals surface area contributed by atoms with E-state index in [1.165, 1.54) is 0 Å². The topological polar surface area (TPSA) is 48.1 Å². The molecule has 1 aromatic heterocycles. The summed E-state index contributed by atoms with van der Waals surface area (Å²) in [7, 11) is 0. The molecular formula is C17H18Cl2N2O. The number of anilines is 1. The average molecular weight is 337 g/mol. The molecule has 22 heavy (non-hydrogen) atoms. The number of nitrogens with two attached hydrogens (primary N) is 1. The Balaban J connectivity index is 1.98. The molecule has 3 nitrogen and oxygen atoms in total. The molecule has 5 heteroatoms. The first kappa shape index (κ1) is 15.4. The Bertz CT molecular complexity index is 699. The zero-order chi connectivity index (χ0) is 15.7. The van der Waals surface area contributed by atoms with Gasteiger partial charge in [-0.1, -0.05) is 30.1 Å². The molecule has 0 radical (unpaired) electrons. The Kier molecular flexibility index (Phi) is 4.20. The van der Waals surface area contributed by atoms with Crippen LogP contribution in [0, 0.1) is 0 Å². The predicted octanol–water partition coefficient (Wildman–Crippen LogP) is 4.99. The molecular weight excluding hydrogens is 319 g/mol. The summed E-state index contributed by atoms with van der Waals surface area (Å²) < 4.78 is 6.38. The fraction of sp³-hybridized carbons (Fsp3) is 0.353. The van der Waals surface area contributed by atoms with Gasteiger partial charge in [0.1, 0.15) is 11.4 Å². The lowest BCUT2D eigenvalue weighted by Gasteiger charge is -2.42. The number of benzene rings is 1. The van der Waals surface area contributed by atoms with Crippen molar-refractivity contribution in [3.8, 4) is 5.75 Å². The second-order valence-electron chi connectivity index (χ2n) is 5.65. The Hall–Kier alpha value is -1.45. The van der Waals surface area contributed by atoms with Gasteiger partial charge in [-0.05, 0) is 55.5 Å². The fourth-order valence-corrected chi connectivity index (χ4v) is 3.37. The van der Waals surface area contributed by atoms with Gasteiger partial charge in [0.15, 0.2) is 5.60 Å². The highest BCUT2D eigenvalue weighted by molar-refractivity contribution is 6.34. The Morgan fingerprint density at radius 1 is 1.27 bits per heavy atom. The zero-order valence-corrected chi connectivity index (χ0v) is 13.9. The molecule has 2 aromatic rings. The third-order valence-electron chi connectivity index (χ3n) is 4.17. The maximum absolute atomic E-state index is 6.38. The highest BCUT2D eigenvalue weighted by atomic mass is 35.5. The number of ether oxygens (including phenoxy) is 1. The third-order valence-corrected chi connectivity index (χ3v) is 4.67. The summed E-state index contributed by atoms with van der Waals surface area (Å²) in [5, 5.41) is 1.09. The van der Waals surface area contributed by atoms with Gasteiger partial charge in [0, 0.05) is 11.9 Å². The van der Waals surface area contributed by atoms with Gasteiger partial charge >= 0.3 is 0 Å². The van der Waals surface area contributed by atoms with E-state index in [2.05, 4.69) is 11.9 Å². The maximum Gasteiger partial charge on any atom is 0.152 e. The van der Waals surface area contributed by atoms with Crippen molar-refractivity contribution in [3.05, 3.63) is 51.8 Å². The van der Waals surface area contributed by atoms with E-state index in [1.54, 1.807) is 12.3 Å². The molecule has 1 heterocycles. The highest BCUT2D eigenvalue weighted by Crippen LogP contribution is 2.47. The van der Waals surface area contributed by atoms with Gasteiger partial charge in [-0.2, -0.15) is 0 Å². The van der Waals surface area contributed by atoms with E-state index in [4.69, 9.17) is 33.7 Å². The first-order chi connectivity index (χ1) is 10.5. The van der Waals surface area contributed by atoms with E-state index in [-0.39, 0.29) is 0 Å². The summed E-state index contributed by atoms with van der Waals surface area (Å²) in [6.45, 7) is 2.09. The lowest BCUT2D eigenvalue weighted by Crippen LogP contribution is -2.41. The molecule has 0 amide bonds. The minimum atomic E-state index is -0.457. The molecule has 1 fully saturated rings. The van der Waals surface area contributed by atoms with Gasteiger partial charge in [0.05, 0.1) is 10.0 Å². The number of halogens is 2. The molecule has 0 unspecified atom stereocenters. The summed E-state index contributed by atoms with van der Waals surface area (Å²) in [6.07, 6.45) is 5.37. The standard InChI is InChI=1S/C17H18Cl2N2O/c1-2-11-8-13(20)4-5-15(11)22-17(6-3-7-17)16-14(19)9-12(18)10-21-16/h4-5,8-10H,2-3,6-7,20H2,1H3. The fourth-order valence-electron chi connectivity index (χ4n) is 2.82. The molecule has 3 rings (SSSR count). The van der Waals surface area contributed by atoms with Crippen molar-refractivity contribution < 1.29 is 4.74 Å². The number of pyridine rings is 1. The van der Waals surface area contributed by atoms with E-state index in [0.29, 0.717) is 10.0 Å². The van der Waals surface area contributed by atoms with Crippen molar-refractivity contribution in [2.45, 2.75) is 38.2 Å². The monoisotopic (exact) mass is 336 g/mol. The number of aromatic nitrogens is 1. The smallest absolute Gasteiger partial charge is 0.152 e. The molecule has 0 atom stereocenters. The first-order valence-electron chi connectivity index (χ1n) is 7.43. The Morgan fingerprint density at radius 3 is 2.64 bits per heavy atom. The van der Waals surface area contributed by atoms with Crippen LogP contribution in [0.4, 0.5) is 5.69 Å². The van der Waals surface area contributed by atoms with Crippen LogP contribution in [-0.2, 0) is 12.0 Å². The van der Waals surface area contributed by atoms with Gasteiger partial charge in [-0.15, -0.1) is 0 Å². The maximum atomic E-state index is 6.38. The third kappa shape index (κ3) is 2.75. The van der Waals surface area contributed by atoms with Crippen LogP contribution in [-0.4, -0.2) is 4.98 Å². The van der Waals surface area contributed by atoms with E-state index >= 15 is 0 Å². The average Bonchev–Trinajstić information content (AvgIpc) is 2.45. The molecule has 1 aliphatic carbocycles. The summed E-state index contributed by atoms with van der Waals surface area (Å²) in [6, 6.07) is 7.47. The Labute approximate surface area is 140 Å². The van der Waals surface area contributed by atoms with Crippen LogP contribution in [0.3, 0.4) is 0 Å². The Morgan fingerprint density at radius 2 is 2.05 bits per heavy atom. The van der Waals surface area contributed by atoms with E-state index < -0.39 is 5.60 Å². The second kappa shape index (κ2) is 5.98. The van der Waals surface area contributed by atoms with Crippen LogP contribution in [0.1, 0.15) is 37.4 Å². The summed E-state index contributed by atoms with van der Waals surface area (Å²) in [5.41, 5.74) is 8.01. The number of aryl methyl sites for hydroxylation is 1. The van der Waals surface area contributed by atoms with Crippen LogP contribution in [0.2, 0.25) is 10.0 Å². The molecule has 0 bridgehead atoms. The molecule has 2 N–H and O–H groups in total. The predicted molar refractivity (Wildman–Crippen MR) is 90.6 cm³/mol. The molecule has 1 saturated carbocycles.